The topological polar surface area (TPSA) is 99.5 Å². The summed E-state index contributed by atoms with van der Waals surface area (Å²) in [7, 11) is -2.34. The zero-order valence-electron chi connectivity index (χ0n) is 17.9. The van der Waals surface area contributed by atoms with Gasteiger partial charge in [-0.05, 0) is 54.8 Å². The molecule has 3 aromatic rings. The van der Waals surface area contributed by atoms with Gasteiger partial charge in [0.1, 0.15) is 16.8 Å². The predicted molar refractivity (Wildman–Crippen MR) is 118 cm³/mol. The molecule has 0 unspecified atom stereocenters. The zero-order valence-corrected chi connectivity index (χ0v) is 19.5. The van der Waals surface area contributed by atoms with Gasteiger partial charge in [-0.2, -0.15) is 4.31 Å². The van der Waals surface area contributed by atoms with E-state index in [1.165, 1.54) is 22.5 Å². The standard InChI is InChI=1S/C21H22ClFN4O4S/c1-11-5-7-15(23)18(12(11)2)13(3)19(20-24-25-21(28)31-20)27-10-26(4)16-9-14(22)6-8-17(16)32(27,29)30/h5-9,13,19H,10H2,1-4H3,(H,25,28)/t13-,19+/m1/s1. The summed E-state index contributed by atoms with van der Waals surface area (Å²) in [5, 5.41) is 6.49. The molecule has 32 heavy (non-hydrogen) atoms. The predicted octanol–water partition coefficient (Wildman–Crippen LogP) is 3.72. The minimum absolute atomic E-state index is 0.0483. The third-order valence-corrected chi connectivity index (χ3v) is 8.05. The van der Waals surface area contributed by atoms with Crippen LogP contribution in [0.15, 0.2) is 44.4 Å². The molecule has 0 aliphatic carbocycles. The van der Waals surface area contributed by atoms with E-state index in [-0.39, 0.29) is 17.5 Å². The monoisotopic (exact) mass is 480 g/mol. The number of aromatic nitrogens is 2. The van der Waals surface area contributed by atoms with Crippen LogP contribution in [0.3, 0.4) is 0 Å². The SMILES string of the molecule is Cc1ccc(F)c([C@@H](C)[C@@H](c2n[nH]c(=O)o2)N2CN(C)c3cc(Cl)ccc3S2(=O)=O)c1C. The molecule has 0 spiro atoms. The summed E-state index contributed by atoms with van der Waals surface area (Å²) in [4.78, 5) is 13.5. The number of benzene rings is 2. The molecule has 0 bridgehead atoms. The summed E-state index contributed by atoms with van der Waals surface area (Å²) in [5.74, 6) is -2.16. The van der Waals surface area contributed by atoms with E-state index < -0.39 is 33.6 Å². The lowest BCUT2D eigenvalue weighted by Crippen LogP contribution is -2.48. The molecule has 2 heterocycles. The Bertz CT molecular complexity index is 1350. The smallest absolute Gasteiger partial charge is 0.391 e. The van der Waals surface area contributed by atoms with Crippen molar-refractivity contribution in [3.63, 3.8) is 0 Å². The first-order chi connectivity index (χ1) is 15.0. The highest BCUT2D eigenvalue weighted by Crippen LogP contribution is 2.44. The number of hydrogen-bond donors (Lipinski definition) is 1. The van der Waals surface area contributed by atoms with Crippen LogP contribution in [0.5, 0.6) is 0 Å². The second-order valence-corrected chi connectivity index (χ2v) is 10.2. The van der Waals surface area contributed by atoms with Crippen molar-refractivity contribution in [1.82, 2.24) is 14.5 Å². The number of aryl methyl sites for hydroxylation is 1. The first-order valence-electron chi connectivity index (χ1n) is 9.86. The summed E-state index contributed by atoms with van der Waals surface area (Å²) in [5.41, 5.74) is 2.33. The van der Waals surface area contributed by atoms with Gasteiger partial charge < -0.3 is 9.32 Å². The molecule has 0 radical (unpaired) electrons. The number of rotatable bonds is 4. The van der Waals surface area contributed by atoms with Gasteiger partial charge in [-0.15, -0.1) is 5.10 Å². The minimum atomic E-state index is -4.06. The van der Waals surface area contributed by atoms with E-state index in [2.05, 4.69) is 10.2 Å². The fourth-order valence-corrected chi connectivity index (χ4v) is 6.24. The number of anilines is 1. The van der Waals surface area contributed by atoms with Gasteiger partial charge >= 0.3 is 5.76 Å². The number of fused-ring (bicyclic) bond motifs is 1. The van der Waals surface area contributed by atoms with Crippen molar-refractivity contribution in [3.05, 3.63) is 74.3 Å². The first-order valence-corrected chi connectivity index (χ1v) is 11.7. The lowest BCUT2D eigenvalue weighted by atomic mass is 9.87. The van der Waals surface area contributed by atoms with Crippen molar-refractivity contribution < 1.29 is 17.2 Å². The third-order valence-electron chi connectivity index (χ3n) is 5.95. The highest BCUT2D eigenvalue weighted by Gasteiger charge is 2.44. The Labute approximate surface area is 189 Å². The van der Waals surface area contributed by atoms with Crippen molar-refractivity contribution in [3.8, 4) is 0 Å². The normalized spacial score (nSPS) is 17.8. The van der Waals surface area contributed by atoms with Crippen molar-refractivity contribution in [2.24, 2.45) is 0 Å². The maximum Gasteiger partial charge on any atom is 0.434 e. The fraction of sp³-hybridized carbons (Fsp3) is 0.333. The molecule has 0 saturated heterocycles. The summed E-state index contributed by atoms with van der Waals surface area (Å²) in [6.45, 7) is 5.24. The largest absolute Gasteiger partial charge is 0.434 e. The van der Waals surface area contributed by atoms with Crippen LogP contribution >= 0.6 is 11.6 Å². The Hall–Kier alpha value is -2.69. The van der Waals surface area contributed by atoms with Crippen LogP contribution < -0.4 is 10.7 Å². The first kappa shape index (κ1) is 22.5. The summed E-state index contributed by atoms with van der Waals surface area (Å²) >= 11 is 6.07. The maximum absolute atomic E-state index is 15.0. The molecule has 2 atom stereocenters. The second-order valence-electron chi connectivity index (χ2n) is 7.93. The quantitative estimate of drug-likeness (QED) is 0.611. The second kappa shape index (κ2) is 8.02. The molecule has 8 nitrogen and oxygen atoms in total. The molecule has 2 aromatic carbocycles. The third kappa shape index (κ3) is 3.62. The highest BCUT2D eigenvalue weighted by atomic mass is 35.5. The van der Waals surface area contributed by atoms with Gasteiger partial charge in [-0.25, -0.2) is 22.7 Å². The van der Waals surface area contributed by atoms with Gasteiger partial charge in [0.05, 0.1) is 12.4 Å². The Kier molecular flexibility index (Phi) is 5.64. The van der Waals surface area contributed by atoms with Gasteiger partial charge in [0.2, 0.25) is 15.9 Å². The number of aromatic amines is 1. The van der Waals surface area contributed by atoms with E-state index in [1.807, 2.05) is 6.92 Å². The van der Waals surface area contributed by atoms with E-state index in [9.17, 15) is 17.6 Å². The molecule has 0 amide bonds. The maximum atomic E-state index is 15.0. The molecule has 11 heteroatoms. The van der Waals surface area contributed by atoms with Crippen molar-refractivity contribution in [1.29, 1.82) is 0 Å². The van der Waals surface area contributed by atoms with Crippen molar-refractivity contribution in [2.75, 3.05) is 18.6 Å². The summed E-state index contributed by atoms with van der Waals surface area (Å²) < 4.78 is 48.7. The van der Waals surface area contributed by atoms with E-state index in [0.29, 0.717) is 21.8 Å². The Balaban J connectivity index is 1.92. The van der Waals surface area contributed by atoms with Gasteiger partial charge in [-0.3, -0.25) is 0 Å². The van der Waals surface area contributed by atoms with Crippen LogP contribution in [0, 0.1) is 19.7 Å². The number of hydrogen-bond acceptors (Lipinski definition) is 6. The van der Waals surface area contributed by atoms with Crippen molar-refractivity contribution >= 4 is 27.3 Å². The van der Waals surface area contributed by atoms with Crippen LogP contribution in [0.2, 0.25) is 5.02 Å². The summed E-state index contributed by atoms with van der Waals surface area (Å²) in [6, 6.07) is 6.42. The van der Waals surface area contributed by atoms with Crippen LogP contribution in [-0.2, 0) is 10.0 Å². The number of nitrogens with zero attached hydrogens (tertiary/aromatic N) is 3. The lowest BCUT2D eigenvalue weighted by molar-refractivity contribution is 0.237. The summed E-state index contributed by atoms with van der Waals surface area (Å²) in [6.07, 6.45) is 0. The Morgan fingerprint density at radius 1 is 1.25 bits per heavy atom. The molecule has 0 fully saturated rings. The van der Waals surface area contributed by atoms with Gasteiger partial charge in [-0.1, -0.05) is 24.6 Å². The number of halogens is 2. The number of H-pyrrole nitrogens is 1. The molecule has 170 valence electrons. The molecule has 1 aliphatic rings. The van der Waals surface area contributed by atoms with Gasteiger partial charge in [0.15, 0.2) is 0 Å². The van der Waals surface area contributed by atoms with Crippen LogP contribution in [0.1, 0.15) is 41.5 Å². The molecular weight excluding hydrogens is 459 g/mol. The average molecular weight is 481 g/mol. The number of nitrogens with one attached hydrogen (secondary N) is 1. The Morgan fingerprint density at radius 3 is 2.62 bits per heavy atom. The zero-order chi connectivity index (χ0) is 23.4. The van der Waals surface area contributed by atoms with E-state index in [1.54, 1.807) is 37.9 Å². The molecule has 0 saturated carbocycles. The number of sulfonamides is 1. The average Bonchev–Trinajstić information content (AvgIpc) is 3.15. The van der Waals surface area contributed by atoms with Crippen LogP contribution in [-0.4, -0.2) is 36.6 Å². The van der Waals surface area contributed by atoms with E-state index in [4.69, 9.17) is 16.0 Å². The minimum Gasteiger partial charge on any atom is -0.391 e. The van der Waals surface area contributed by atoms with Crippen LogP contribution in [0.25, 0.3) is 0 Å². The van der Waals surface area contributed by atoms with E-state index >= 15 is 0 Å². The van der Waals surface area contributed by atoms with Crippen LogP contribution in [0.4, 0.5) is 10.1 Å². The fourth-order valence-electron chi connectivity index (χ4n) is 4.21. The molecule has 1 N–H and O–H groups in total. The van der Waals surface area contributed by atoms with Gasteiger partial charge in [0, 0.05) is 18.0 Å². The molecule has 1 aliphatic heterocycles. The molecular formula is C21H22ClFN4O4S. The Morgan fingerprint density at radius 2 is 1.97 bits per heavy atom. The molecule has 1 aromatic heterocycles. The van der Waals surface area contributed by atoms with E-state index in [0.717, 1.165) is 5.56 Å². The van der Waals surface area contributed by atoms with Gasteiger partial charge in [0.25, 0.3) is 0 Å². The lowest BCUT2D eigenvalue weighted by Gasteiger charge is -2.40. The highest BCUT2D eigenvalue weighted by molar-refractivity contribution is 7.89. The molecule has 4 rings (SSSR count). The van der Waals surface area contributed by atoms with Crippen molar-refractivity contribution in [2.45, 2.75) is 37.6 Å².